The Labute approximate surface area is 89.8 Å². The van der Waals surface area contributed by atoms with Crippen LogP contribution in [0.2, 0.25) is 5.04 Å². The standard InChI is InChI=1S/C11H23O2Si/c1-4-12-14(13-5-2)11(3)9-7-6-8-10-11/h4-10H2,1-3H3. The fraction of sp³-hybridized carbons (Fsp3) is 1.00. The number of hydrogen-bond donors (Lipinski definition) is 0. The third kappa shape index (κ3) is 3.07. The fourth-order valence-electron chi connectivity index (χ4n) is 2.19. The molecule has 1 aliphatic rings. The molecule has 0 atom stereocenters. The van der Waals surface area contributed by atoms with Gasteiger partial charge >= 0.3 is 9.28 Å². The molecule has 83 valence electrons. The molecule has 0 aliphatic heterocycles. The van der Waals surface area contributed by atoms with Crippen molar-refractivity contribution in [2.75, 3.05) is 13.2 Å². The average molecular weight is 215 g/mol. The van der Waals surface area contributed by atoms with Gasteiger partial charge in [-0.05, 0) is 26.7 Å². The van der Waals surface area contributed by atoms with E-state index >= 15 is 0 Å². The van der Waals surface area contributed by atoms with Crippen LogP contribution in [-0.2, 0) is 8.85 Å². The fourth-order valence-corrected chi connectivity index (χ4v) is 4.25. The first kappa shape index (κ1) is 12.2. The molecule has 0 N–H and O–H groups in total. The summed E-state index contributed by atoms with van der Waals surface area (Å²) in [6.07, 6.45) is 6.68. The van der Waals surface area contributed by atoms with Crippen LogP contribution in [0.25, 0.3) is 0 Å². The van der Waals surface area contributed by atoms with E-state index in [-0.39, 0.29) is 0 Å². The van der Waals surface area contributed by atoms with Crippen molar-refractivity contribution in [1.29, 1.82) is 0 Å². The van der Waals surface area contributed by atoms with Crippen molar-refractivity contribution < 1.29 is 8.85 Å². The highest BCUT2D eigenvalue weighted by Crippen LogP contribution is 2.45. The van der Waals surface area contributed by atoms with E-state index in [9.17, 15) is 0 Å². The van der Waals surface area contributed by atoms with Gasteiger partial charge in [0.15, 0.2) is 0 Å². The summed E-state index contributed by atoms with van der Waals surface area (Å²) in [4.78, 5) is 0. The maximum Gasteiger partial charge on any atom is 0.391 e. The van der Waals surface area contributed by atoms with Gasteiger partial charge in [-0.1, -0.05) is 26.2 Å². The molecule has 1 radical (unpaired) electrons. The molecule has 0 amide bonds. The third-order valence-corrected chi connectivity index (χ3v) is 5.59. The van der Waals surface area contributed by atoms with Gasteiger partial charge in [-0.3, -0.25) is 0 Å². The second-order valence-electron chi connectivity index (χ2n) is 4.27. The lowest BCUT2D eigenvalue weighted by Gasteiger charge is -2.36. The summed E-state index contributed by atoms with van der Waals surface area (Å²) >= 11 is 0. The summed E-state index contributed by atoms with van der Waals surface area (Å²) in [6.45, 7) is 8.07. The van der Waals surface area contributed by atoms with Crippen molar-refractivity contribution >= 4 is 9.28 Å². The summed E-state index contributed by atoms with van der Waals surface area (Å²) < 4.78 is 11.6. The minimum Gasteiger partial charge on any atom is -0.393 e. The summed E-state index contributed by atoms with van der Waals surface area (Å²) in [5.41, 5.74) is 0. The molecule has 0 aromatic carbocycles. The SMILES string of the molecule is CCO[Si](OCC)C1(C)CCCCC1. The Morgan fingerprint density at radius 3 is 1.93 bits per heavy atom. The summed E-state index contributed by atoms with van der Waals surface area (Å²) in [5.74, 6) is 0. The first-order valence-electron chi connectivity index (χ1n) is 5.86. The molecule has 0 bridgehead atoms. The Kier molecular flexibility index (Phi) is 5.13. The Hall–Kier alpha value is 0.137. The summed E-state index contributed by atoms with van der Waals surface area (Å²) in [6, 6.07) is 0. The van der Waals surface area contributed by atoms with E-state index in [1.807, 2.05) is 0 Å². The smallest absolute Gasteiger partial charge is 0.391 e. The maximum atomic E-state index is 5.80. The molecule has 1 saturated carbocycles. The molecule has 2 nitrogen and oxygen atoms in total. The Balaban J connectivity index is 2.53. The van der Waals surface area contributed by atoms with Crippen LogP contribution in [0, 0.1) is 0 Å². The van der Waals surface area contributed by atoms with E-state index in [1.165, 1.54) is 32.1 Å². The van der Waals surface area contributed by atoms with E-state index in [0.29, 0.717) is 5.04 Å². The van der Waals surface area contributed by atoms with Gasteiger partial charge in [-0.15, -0.1) is 0 Å². The Morgan fingerprint density at radius 1 is 1.00 bits per heavy atom. The molecule has 0 saturated heterocycles. The molecule has 0 aromatic rings. The van der Waals surface area contributed by atoms with Crippen molar-refractivity contribution in [3.05, 3.63) is 0 Å². The zero-order valence-corrected chi connectivity index (χ0v) is 10.8. The first-order chi connectivity index (χ1) is 6.73. The van der Waals surface area contributed by atoms with Crippen molar-refractivity contribution in [1.82, 2.24) is 0 Å². The summed E-state index contributed by atoms with van der Waals surface area (Å²) in [7, 11) is -1.05. The lowest BCUT2D eigenvalue weighted by molar-refractivity contribution is 0.172. The minimum atomic E-state index is -1.05. The van der Waals surface area contributed by atoms with Crippen molar-refractivity contribution in [2.24, 2.45) is 0 Å². The number of hydrogen-bond acceptors (Lipinski definition) is 2. The van der Waals surface area contributed by atoms with Gasteiger partial charge < -0.3 is 8.85 Å². The first-order valence-corrected chi connectivity index (χ1v) is 7.17. The van der Waals surface area contributed by atoms with E-state index < -0.39 is 9.28 Å². The molecule has 1 aliphatic carbocycles. The quantitative estimate of drug-likeness (QED) is 0.655. The zero-order chi connectivity index (χ0) is 10.4. The van der Waals surface area contributed by atoms with Gasteiger partial charge in [-0.2, -0.15) is 0 Å². The van der Waals surface area contributed by atoms with Gasteiger partial charge in [0.1, 0.15) is 0 Å². The van der Waals surface area contributed by atoms with Crippen LogP contribution in [0.15, 0.2) is 0 Å². The second kappa shape index (κ2) is 5.88. The van der Waals surface area contributed by atoms with Crippen LogP contribution in [0.4, 0.5) is 0 Å². The van der Waals surface area contributed by atoms with E-state index in [2.05, 4.69) is 20.8 Å². The predicted octanol–water partition coefficient (Wildman–Crippen LogP) is 3.27. The Bertz CT molecular complexity index is 149. The molecule has 3 heteroatoms. The molecule has 1 rings (SSSR count). The van der Waals surface area contributed by atoms with Crippen LogP contribution in [-0.4, -0.2) is 22.5 Å². The molecule has 1 fully saturated rings. The maximum absolute atomic E-state index is 5.80. The highest BCUT2D eigenvalue weighted by atomic mass is 28.3. The van der Waals surface area contributed by atoms with E-state index in [4.69, 9.17) is 8.85 Å². The van der Waals surface area contributed by atoms with Gasteiger partial charge in [0.2, 0.25) is 0 Å². The summed E-state index contributed by atoms with van der Waals surface area (Å²) in [5, 5.41) is 0.356. The molecule has 0 aromatic heterocycles. The van der Waals surface area contributed by atoms with Crippen LogP contribution < -0.4 is 0 Å². The molecule has 0 heterocycles. The van der Waals surface area contributed by atoms with Gasteiger partial charge in [0.05, 0.1) is 0 Å². The van der Waals surface area contributed by atoms with E-state index in [0.717, 1.165) is 13.2 Å². The minimum absolute atomic E-state index is 0.356. The zero-order valence-electron chi connectivity index (χ0n) is 9.77. The van der Waals surface area contributed by atoms with Crippen molar-refractivity contribution in [2.45, 2.75) is 57.9 Å². The predicted molar refractivity (Wildman–Crippen MR) is 60.5 cm³/mol. The normalized spacial score (nSPS) is 21.4. The van der Waals surface area contributed by atoms with Gasteiger partial charge in [0, 0.05) is 18.3 Å². The lowest BCUT2D eigenvalue weighted by atomic mass is 9.90. The van der Waals surface area contributed by atoms with Crippen molar-refractivity contribution in [3.8, 4) is 0 Å². The second-order valence-corrected chi connectivity index (χ2v) is 6.63. The highest BCUT2D eigenvalue weighted by Gasteiger charge is 2.40. The molecular weight excluding hydrogens is 192 g/mol. The van der Waals surface area contributed by atoms with Crippen LogP contribution in [0.3, 0.4) is 0 Å². The largest absolute Gasteiger partial charge is 0.393 e. The molecule has 14 heavy (non-hydrogen) atoms. The van der Waals surface area contributed by atoms with Crippen LogP contribution >= 0.6 is 0 Å². The van der Waals surface area contributed by atoms with Gasteiger partial charge in [0.25, 0.3) is 0 Å². The topological polar surface area (TPSA) is 18.5 Å². The number of rotatable bonds is 5. The Morgan fingerprint density at radius 2 is 1.50 bits per heavy atom. The van der Waals surface area contributed by atoms with Crippen LogP contribution in [0.5, 0.6) is 0 Å². The molecule has 0 spiro atoms. The van der Waals surface area contributed by atoms with Crippen LogP contribution in [0.1, 0.15) is 52.9 Å². The average Bonchev–Trinajstić information content (AvgIpc) is 2.19. The monoisotopic (exact) mass is 215 g/mol. The van der Waals surface area contributed by atoms with E-state index in [1.54, 1.807) is 0 Å². The molecular formula is C11H23O2Si. The highest BCUT2D eigenvalue weighted by molar-refractivity contribution is 6.48. The van der Waals surface area contributed by atoms with Crippen molar-refractivity contribution in [3.63, 3.8) is 0 Å². The lowest BCUT2D eigenvalue weighted by Crippen LogP contribution is -2.38. The van der Waals surface area contributed by atoms with Gasteiger partial charge in [-0.25, -0.2) is 0 Å². The third-order valence-electron chi connectivity index (χ3n) is 3.00. The molecule has 0 unspecified atom stereocenters.